The van der Waals surface area contributed by atoms with E-state index in [0.29, 0.717) is 28.6 Å². The van der Waals surface area contributed by atoms with E-state index in [-0.39, 0.29) is 11.9 Å². The Labute approximate surface area is 196 Å². The zero-order chi connectivity index (χ0) is 23.2. The summed E-state index contributed by atoms with van der Waals surface area (Å²) in [6.45, 7) is 5.77. The number of likely N-dealkylation sites (tertiary alicyclic amines) is 1. The first-order chi connectivity index (χ1) is 16.0. The van der Waals surface area contributed by atoms with E-state index in [2.05, 4.69) is 22.5 Å². The van der Waals surface area contributed by atoms with Crippen LogP contribution in [0.2, 0.25) is 0 Å². The number of anilines is 3. The first-order valence-electron chi connectivity index (χ1n) is 11.9. The predicted molar refractivity (Wildman–Crippen MR) is 132 cm³/mol. The maximum Gasteiger partial charge on any atom is 0.323 e. The Kier molecular flexibility index (Phi) is 7.37. The number of hydrogen-bond donors (Lipinski definition) is 2. The minimum absolute atomic E-state index is 0.0557. The number of carbonyl (C=O) groups excluding carboxylic acids is 2. The molecule has 2 N–H and O–H groups in total. The Bertz CT molecular complexity index is 979. The van der Waals surface area contributed by atoms with E-state index in [1.54, 1.807) is 19.2 Å². The van der Waals surface area contributed by atoms with Crippen molar-refractivity contribution in [3.8, 4) is 5.75 Å². The van der Waals surface area contributed by atoms with Gasteiger partial charge in [-0.3, -0.25) is 4.79 Å². The van der Waals surface area contributed by atoms with Gasteiger partial charge in [0.25, 0.3) is 5.91 Å². The van der Waals surface area contributed by atoms with Crippen LogP contribution in [0.5, 0.6) is 5.75 Å². The molecule has 0 saturated carbocycles. The number of methoxy groups -OCH3 is 1. The number of ether oxygens (including phenoxy) is 1. The molecule has 0 atom stereocenters. The third-order valence-electron chi connectivity index (χ3n) is 6.58. The van der Waals surface area contributed by atoms with Crippen LogP contribution in [0.1, 0.15) is 49.4 Å². The average molecular weight is 451 g/mol. The molecule has 33 heavy (non-hydrogen) atoms. The van der Waals surface area contributed by atoms with Crippen molar-refractivity contribution in [3.05, 3.63) is 48.0 Å². The molecular weight excluding hydrogens is 416 g/mol. The summed E-state index contributed by atoms with van der Waals surface area (Å²) in [5, 5.41) is 5.71. The van der Waals surface area contributed by atoms with E-state index in [1.165, 1.54) is 6.42 Å². The Balaban J connectivity index is 1.54. The monoisotopic (exact) mass is 450 g/mol. The molecule has 2 aliphatic rings. The number of benzene rings is 2. The van der Waals surface area contributed by atoms with Gasteiger partial charge in [-0.25, -0.2) is 4.79 Å². The van der Waals surface area contributed by atoms with Crippen molar-refractivity contribution in [2.45, 2.75) is 39.0 Å². The molecule has 0 unspecified atom stereocenters. The van der Waals surface area contributed by atoms with E-state index in [1.807, 2.05) is 35.2 Å². The molecule has 4 rings (SSSR count). The van der Waals surface area contributed by atoms with Gasteiger partial charge < -0.3 is 25.2 Å². The molecule has 7 heteroatoms. The third-order valence-corrected chi connectivity index (χ3v) is 6.58. The van der Waals surface area contributed by atoms with Crippen molar-refractivity contribution in [1.82, 2.24) is 4.90 Å². The minimum Gasteiger partial charge on any atom is -0.497 e. The number of piperidine rings is 2. The van der Waals surface area contributed by atoms with Crippen molar-refractivity contribution in [2.75, 3.05) is 48.8 Å². The van der Waals surface area contributed by atoms with Crippen LogP contribution in [0.4, 0.5) is 21.9 Å². The summed E-state index contributed by atoms with van der Waals surface area (Å²) >= 11 is 0. The number of hydrogen-bond acceptors (Lipinski definition) is 4. The molecule has 2 aromatic rings. The number of nitrogens with one attached hydrogen (secondary N) is 2. The van der Waals surface area contributed by atoms with Crippen LogP contribution in [-0.2, 0) is 0 Å². The summed E-state index contributed by atoms with van der Waals surface area (Å²) in [7, 11) is 1.59. The number of amides is 3. The van der Waals surface area contributed by atoms with Crippen LogP contribution in [-0.4, -0.2) is 50.1 Å². The largest absolute Gasteiger partial charge is 0.497 e. The molecule has 0 spiro atoms. The highest BCUT2D eigenvalue weighted by Crippen LogP contribution is 2.30. The first-order valence-corrected chi connectivity index (χ1v) is 11.9. The van der Waals surface area contributed by atoms with E-state index in [9.17, 15) is 9.59 Å². The van der Waals surface area contributed by atoms with E-state index < -0.39 is 0 Å². The van der Waals surface area contributed by atoms with Crippen LogP contribution >= 0.6 is 0 Å². The van der Waals surface area contributed by atoms with Gasteiger partial charge in [0.05, 0.1) is 12.7 Å². The van der Waals surface area contributed by atoms with Gasteiger partial charge in [0.15, 0.2) is 0 Å². The zero-order valence-corrected chi connectivity index (χ0v) is 19.6. The highest BCUT2D eigenvalue weighted by atomic mass is 16.5. The number of urea groups is 1. The molecule has 0 bridgehead atoms. The molecule has 176 valence electrons. The fraction of sp³-hybridized carbons (Fsp3) is 0.462. The highest BCUT2D eigenvalue weighted by Gasteiger charge is 2.25. The lowest BCUT2D eigenvalue weighted by Crippen LogP contribution is -2.38. The van der Waals surface area contributed by atoms with Gasteiger partial charge in [-0.1, -0.05) is 13.0 Å². The molecular formula is C26H34N4O3. The summed E-state index contributed by atoms with van der Waals surface area (Å²) in [6, 6.07) is 12.5. The second kappa shape index (κ2) is 10.6. The van der Waals surface area contributed by atoms with Crippen LogP contribution in [0.25, 0.3) is 0 Å². The lowest BCUT2D eigenvalue weighted by atomic mass is 9.97. The molecule has 0 aromatic heterocycles. The summed E-state index contributed by atoms with van der Waals surface area (Å²) in [4.78, 5) is 30.4. The van der Waals surface area contributed by atoms with Gasteiger partial charge in [-0.15, -0.1) is 0 Å². The lowest BCUT2D eigenvalue weighted by molar-refractivity contribution is 0.0725. The highest BCUT2D eigenvalue weighted by molar-refractivity contribution is 6.04. The maximum atomic E-state index is 13.5. The number of carbonyl (C=O) groups is 2. The Morgan fingerprint density at radius 1 is 0.909 bits per heavy atom. The van der Waals surface area contributed by atoms with Gasteiger partial charge in [0.2, 0.25) is 0 Å². The van der Waals surface area contributed by atoms with Gasteiger partial charge in [-0.2, -0.15) is 0 Å². The van der Waals surface area contributed by atoms with Crippen molar-refractivity contribution < 1.29 is 14.3 Å². The SMILES string of the molecule is COc1cccc(NC(=O)Nc2ccc(N3CCC(C)CC3)c(C(=O)N3CCCCC3)c2)c1. The smallest absolute Gasteiger partial charge is 0.323 e. The predicted octanol–water partition coefficient (Wildman–Crippen LogP) is 5.20. The van der Waals surface area contributed by atoms with Crippen molar-refractivity contribution in [1.29, 1.82) is 0 Å². The van der Waals surface area contributed by atoms with Gasteiger partial charge in [0, 0.05) is 49.3 Å². The normalized spacial score (nSPS) is 16.9. The third kappa shape index (κ3) is 5.78. The van der Waals surface area contributed by atoms with Crippen LogP contribution in [0.3, 0.4) is 0 Å². The maximum absolute atomic E-state index is 13.5. The van der Waals surface area contributed by atoms with Crippen LogP contribution < -0.4 is 20.3 Å². The zero-order valence-electron chi connectivity index (χ0n) is 19.6. The minimum atomic E-state index is -0.362. The molecule has 2 heterocycles. The van der Waals surface area contributed by atoms with Crippen molar-refractivity contribution in [2.24, 2.45) is 5.92 Å². The van der Waals surface area contributed by atoms with Gasteiger partial charge in [0.1, 0.15) is 5.75 Å². The van der Waals surface area contributed by atoms with Gasteiger partial charge in [-0.05, 0) is 68.4 Å². The van der Waals surface area contributed by atoms with E-state index >= 15 is 0 Å². The summed E-state index contributed by atoms with van der Waals surface area (Å²) in [5.74, 6) is 1.44. The van der Waals surface area contributed by atoms with Crippen LogP contribution in [0.15, 0.2) is 42.5 Å². The molecule has 2 saturated heterocycles. The number of nitrogens with zero attached hydrogens (tertiary/aromatic N) is 2. The second-order valence-electron chi connectivity index (χ2n) is 9.07. The van der Waals surface area contributed by atoms with Crippen molar-refractivity contribution in [3.63, 3.8) is 0 Å². The number of rotatable bonds is 5. The van der Waals surface area contributed by atoms with E-state index in [4.69, 9.17) is 4.74 Å². The average Bonchev–Trinajstić information content (AvgIpc) is 2.85. The second-order valence-corrected chi connectivity index (χ2v) is 9.07. The molecule has 2 aliphatic heterocycles. The summed E-state index contributed by atoms with van der Waals surface area (Å²) in [5.41, 5.74) is 2.88. The van der Waals surface area contributed by atoms with Crippen LogP contribution in [0, 0.1) is 5.92 Å². The molecule has 7 nitrogen and oxygen atoms in total. The lowest BCUT2D eigenvalue weighted by Gasteiger charge is -2.35. The molecule has 2 aromatic carbocycles. The topological polar surface area (TPSA) is 73.9 Å². The van der Waals surface area contributed by atoms with E-state index in [0.717, 1.165) is 57.5 Å². The molecule has 0 radical (unpaired) electrons. The summed E-state index contributed by atoms with van der Waals surface area (Å²) in [6.07, 6.45) is 5.51. The standard InChI is InChI=1S/C26H34N4O3/c1-19-11-15-29(16-12-19)24-10-9-21(18-23(24)25(31)30-13-4-3-5-14-30)28-26(32)27-20-7-6-8-22(17-20)33-2/h6-10,17-19H,3-5,11-16H2,1-2H3,(H2,27,28,32). The molecule has 3 amide bonds. The molecule has 0 aliphatic carbocycles. The quantitative estimate of drug-likeness (QED) is 0.657. The fourth-order valence-electron chi connectivity index (χ4n) is 4.57. The Morgan fingerprint density at radius 2 is 1.61 bits per heavy atom. The Morgan fingerprint density at radius 3 is 2.30 bits per heavy atom. The van der Waals surface area contributed by atoms with Gasteiger partial charge >= 0.3 is 6.03 Å². The van der Waals surface area contributed by atoms with Crippen molar-refractivity contribution >= 4 is 29.0 Å². The molecule has 2 fully saturated rings. The fourth-order valence-corrected chi connectivity index (χ4v) is 4.57. The Hall–Kier alpha value is -3.22. The summed E-state index contributed by atoms with van der Waals surface area (Å²) < 4.78 is 5.21. The first kappa shape index (κ1) is 23.0.